The molecule has 16 heavy (non-hydrogen) atoms. The summed E-state index contributed by atoms with van der Waals surface area (Å²) in [6.07, 6.45) is 2.15. The smallest absolute Gasteiger partial charge is 0.222 e. The molecular formula is C12H20N2O2. The van der Waals surface area contributed by atoms with Crippen LogP contribution in [0.15, 0.2) is 16.7 Å². The van der Waals surface area contributed by atoms with Crippen molar-refractivity contribution in [3.63, 3.8) is 0 Å². The zero-order valence-corrected chi connectivity index (χ0v) is 10.2. The Morgan fingerprint density at radius 3 is 2.81 bits per heavy atom. The molecule has 0 radical (unpaired) electrons. The first-order chi connectivity index (χ1) is 7.54. The highest BCUT2D eigenvalue weighted by atomic mass is 16.3. The molecule has 0 aliphatic rings. The maximum absolute atomic E-state index is 11.8. The van der Waals surface area contributed by atoms with Gasteiger partial charge in [0.1, 0.15) is 5.76 Å². The lowest BCUT2D eigenvalue weighted by Gasteiger charge is -2.18. The van der Waals surface area contributed by atoms with E-state index < -0.39 is 0 Å². The second-order valence-electron chi connectivity index (χ2n) is 4.30. The molecule has 4 nitrogen and oxygen atoms in total. The van der Waals surface area contributed by atoms with Crippen LogP contribution in [0.1, 0.15) is 24.7 Å². The molecule has 1 unspecified atom stereocenters. The van der Waals surface area contributed by atoms with Gasteiger partial charge in [-0.2, -0.15) is 0 Å². The van der Waals surface area contributed by atoms with Gasteiger partial charge in [-0.15, -0.1) is 0 Å². The van der Waals surface area contributed by atoms with E-state index in [-0.39, 0.29) is 11.8 Å². The fourth-order valence-corrected chi connectivity index (χ4v) is 1.46. The van der Waals surface area contributed by atoms with Crippen LogP contribution in [0.5, 0.6) is 0 Å². The fraction of sp³-hybridized carbons (Fsp3) is 0.583. The van der Waals surface area contributed by atoms with E-state index in [1.165, 1.54) is 0 Å². The Morgan fingerprint density at radius 1 is 1.62 bits per heavy atom. The van der Waals surface area contributed by atoms with Crippen molar-refractivity contribution in [2.45, 2.75) is 26.8 Å². The zero-order chi connectivity index (χ0) is 12.1. The summed E-state index contributed by atoms with van der Waals surface area (Å²) in [6.45, 7) is 5.02. The first-order valence-corrected chi connectivity index (χ1v) is 5.51. The molecule has 0 saturated heterocycles. The number of carbonyl (C=O) groups is 1. The summed E-state index contributed by atoms with van der Waals surface area (Å²) in [4.78, 5) is 13.5. The van der Waals surface area contributed by atoms with Crippen LogP contribution in [0.3, 0.4) is 0 Å². The maximum Gasteiger partial charge on any atom is 0.222 e. The minimum absolute atomic E-state index is 0.124. The Kier molecular flexibility index (Phi) is 4.55. The summed E-state index contributed by atoms with van der Waals surface area (Å²) in [5.41, 5.74) is 6.55. The molecule has 1 atom stereocenters. The van der Waals surface area contributed by atoms with Gasteiger partial charge in [0.05, 0.1) is 6.26 Å². The van der Waals surface area contributed by atoms with Crippen molar-refractivity contribution in [1.29, 1.82) is 0 Å². The van der Waals surface area contributed by atoms with E-state index in [1.807, 2.05) is 19.9 Å². The summed E-state index contributed by atoms with van der Waals surface area (Å²) >= 11 is 0. The molecule has 1 aromatic heterocycles. The molecule has 0 aliphatic carbocycles. The third-order valence-corrected chi connectivity index (χ3v) is 2.72. The van der Waals surface area contributed by atoms with Crippen molar-refractivity contribution in [3.8, 4) is 0 Å². The number of amides is 1. The van der Waals surface area contributed by atoms with Crippen molar-refractivity contribution >= 4 is 5.91 Å². The number of nitrogens with zero attached hydrogens (tertiary/aromatic N) is 1. The van der Waals surface area contributed by atoms with Crippen molar-refractivity contribution in [2.75, 3.05) is 13.6 Å². The van der Waals surface area contributed by atoms with Crippen LogP contribution in [0.25, 0.3) is 0 Å². The van der Waals surface area contributed by atoms with E-state index in [1.54, 1.807) is 18.2 Å². The topological polar surface area (TPSA) is 59.5 Å². The molecule has 90 valence electrons. The van der Waals surface area contributed by atoms with E-state index in [9.17, 15) is 4.79 Å². The average Bonchev–Trinajstić information content (AvgIpc) is 2.64. The van der Waals surface area contributed by atoms with Crippen molar-refractivity contribution in [3.05, 3.63) is 23.7 Å². The van der Waals surface area contributed by atoms with E-state index in [0.29, 0.717) is 19.5 Å². The van der Waals surface area contributed by atoms with Gasteiger partial charge in [-0.25, -0.2) is 0 Å². The van der Waals surface area contributed by atoms with Crippen molar-refractivity contribution in [2.24, 2.45) is 11.7 Å². The van der Waals surface area contributed by atoms with Gasteiger partial charge in [0.15, 0.2) is 0 Å². The van der Waals surface area contributed by atoms with E-state index in [4.69, 9.17) is 10.2 Å². The Balaban J connectivity index is 2.49. The predicted molar refractivity (Wildman–Crippen MR) is 62.8 cm³/mol. The van der Waals surface area contributed by atoms with Gasteiger partial charge in [-0.05, 0) is 25.5 Å². The van der Waals surface area contributed by atoms with Crippen LogP contribution in [0.2, 0.25) is 0 Å². The molecule has 0 fully saturated rings. The highest BCUT2D eigenvalue weighted by Crippen LogP contribution is 2.12. The lowest BCUT2D eigenvalue weighted by Crippen LogP contribution is -2.29. The monoisotopic (exact) mass is 224 g/mol. The second-order valence-corrected chi connectivity index (χ2v) is 4.30. The van der Waals surface area contributed by atoms with Crippen LogP contribution in [-0.4, -0.2) is 24.4 Å². The molecule has 0 aliphatic heterocycles. The quantitative estimate of drug-likeness (QED) is 0.825. The number of aryl methyl sites for hydroxylation is 1. The van der Waals surface area contributed by atoms with Gasteiger partial charge in [-0.3, -0.25) is 4.79 Å². The number of nitrogens with two attached hydrogens (primary N) is 1. The highest BCUT2D eigenvalue weighted by Gasteiger charge is 2.14. The summed E-state index contributed by atoms with van der Waals surface area (Å²) in [5, 5.41) is 0. The van der Waals surface area contributed by atoms with Gasteiger partial charge >= 0.3 is 0 Å². The van der Waals surface area contributed by atoms with Crippen LogP contribution in [0.4, 0.5) is 0 Å². The fourth-order valence-electron chi connectivity index (χ4n) is 1.46. The van der Waals surface area contributed by atoms with Gasteiger partial charge in [-0.1, -0.05) is 6.92 Å². The SMILES string of the molecule is Cc1occc1CN(C)C(=O)CC(C)CN. The van der Waals surface area contributed by atoms with Gasteiger partial charge in [0, 0.05) is 25.6 Å². The number of rotatable bonds is 5. The van der Waals surface area contributed by atoms with E-state index >= 15 is 0 Å². The molecule has 4 heteroatoms. The molecule has 0 spiro atoms. The Bertz CT molecular complexity index is 347. The first kappa shape index (κ1) is 12.8. The zero-order valence-electron chi connectivity index (χ0n) is 10.2. The molecule has 0 bridgehead atoms. The lowest BCUT2D eigenvalue weighted by atomic mass is 10.1. The largest absolute Gasteiger partial charge is 0.469 e. The number of carbonyl (C=O) groups excluding carboxylic acids is 1. The van der Waals surface area contributed by atoms with Crippen LogP contribution in [0, 0.1) is 12.8 Å². The van der Waals surface area contributed by atoms with Crippen LogP contribution >= 0.6 is 0 Å². The minimum Gasteiger partial charge on any atom is -0.469 e. The third kappa shape index (κ3) is 3.38. The Morgan fingerprint density at radius 2 is 2.31 bits per heavy atom. The Labute approximate surface area is 96.4 Å². The molecule has 1 heterocycles. The van der Waals surface area contributed by atoms with Crippen LogP contribution < -0.4 is 5.73 Å². The summed E-state index contributed by atoms with van der Waals surface area (Å²) in [7, 11) is 1.80. The van der Waals surface area contributed by atoms with Gasteiger partial charge < -0.3 is 15.1 Å². The first-order valence-electron chi connectivity index (χ1n) is 5.51. The Hall–Kier alpha value is -1.29. The summed E-state index contributed by atoms with van der Waals surface area (Å²) in [5.74, 6) is 1.23. The normalized spacial score (nSPS) is 12.5. The van der Waals surface area contributed by atoms with Gasteiger partial charge in [0.2, 0.25) is 5.91 Å². The second kappa shape index (κ2) is 5.70. The molecule has 1 rings (SSSR count). The minimum atomic E-state index is 0.124. The third-order valence-electron chi connectivity index (χ3n) is 2.72. The average molecular weight is 224 g/mol. The van der Waals surface area contributed by atoms with Crippen molar-refractivity contribution < 1.29 is 9.21 Å². The molecule has 1 aromatic rings. The summed E-state index contributed by atoms with van der Waals surface area (Å²) < 4.78 is 5.19. The highest BCUT2D eigenvalue weighted by molar-refractivity contribution is 5.76. The molecule has 1 amide bonds. The molecule has 0 aromatic carbocycles. The lowest BCUT2D eigenvalue weighted by molar-refractivity contribution is -0.131. The van der Waals surface area contributed by atoms with Gasteiger partial charge in [0.25, 0.3) is 0 Å². The van der Waals surface area contributed by atoms with E-state index in [0.717, 1.165) is 11.3 Å². The number of hydrogen-bond acceptors (Lipinski definition) is 3. The maximum atomic E-state index is 11.8. The number of hydrogen-bond donors (Lipinski definition) is 1. The molecular weight excluding hydrogens is 204 g/mol. The molecule has 0 saturated carbocycles. The summed E-state index contributed by atoms with van der Waals surface area (Å²) in [6, 6.07) is 1.89. The predicted octanol–water partition coefficient (Wildman–Crippen LogP) is 1.53. The number of furan rings is 1. The molecule has 2 N–H and O–H groups in total. The van der Waals surface area contributed by atoms with Crippen molar-refractivity contribution in [1.82, 2.24) is 4.90 Å². The van der Waals surface area contributed by atoms with Crippen LogP contribution in [-0.2, 0) is 11.3 Å². The standard InChI is InChI=1S/C12H20N2O2/c1-9(7-13)6-12(15)14(3)8-11-4-5-16-10(11)2/h4-5,9H,6-8,13H2,1-3H3. The van der Waals surface area contributed by atoms with E-state index in [2.05, 4.69) is 0 Å².